The van der Waals surface area contributed by atoms with E-state index in [1.807, 2.05) is 26.0 Å². The molecule has 0 saturated carbocycles. The van der Waals surface area contributed by atoms with Crippen molar-refractivity contribution >= 4 is 17.5 Å². The molecule has 1 aromatic rings. The number of carbonyl (C=O) groups is 1. The lowest BCUT2D eigenvalue weighted by Crippen LogP contribution is -2.41. The van der Waals surface area contributed by atoms with Gasteiger partial charge >= 0.3 is 0 Å². The normalized spacial score (nSPS) is 19.0. The molecule has 0 bridgehead atoms. The van der Waals surface area contributed by atoms with E-state index in [2.05, 4.69) is 0 Å². The second-order valence-electron chi connectivity index (χ2n) is 6.73. The molecule has 0 aromatic heterocycles. The van der Waals surface area contributed by atoms with E-state index in [1.54, 1.807) is 17.0 Å². The molecule has 23 heavy (non-hydrogen) atoms. The van der Waals surface area contributed by atoms with E-state index in [0.29, 0.717) is 18.1 Å². The van der Waals surface area contributed by atoms with Crippen molar-refractivity contribution in [2.75, 3.05) is 13.1 Å². The molecule has 1 heterocycles. The second-order valence-corrected chi connectivity index (χ2v) is 7.17. The molecule has 4 nitrogen and oxygen atoms in total. The molecule has 2 rings (SSSR count). The zero-order valence-electron chi connectivity index (χ0n) is 13.8. The SMILES string of the molecule is CC(C)C(O)CC(=O)N1CCC(C(O)c2ccc(Cl)cc2)CC1. The summed E-state index contributed by atoms with van der Waals surface area (Å²) in [5, 5.41) is 21.0. The van der Waals surface area contributed by atoms with Crippen molar-refractivity contribution in [3.8, 4) is 0 Å². The topological polar surface area (TPSA) is 60.8 Å². The molecule has 1 saturated heterocycles. The average molecular weight is 340 g/mol. The van der Waals surface area contributed by atoms with Gasteiger partial charge < -0.3 is 15.1 Å². The molecule has 1 aliphatic rings. The molecule has 0 radical (unpaired) electrons. The number of rotatable bonds is 5. The van der Waals surface area contributed by atoms with E-state index < -0.39 is 12.2 Å². The van der Waals surface area contributed by atoms with Crippen LogP contribution in [0.25, 0.3) is 0 Å². The molecule has 128 valence electrons. The number of halogens is 1. The molecule has 2 atom stereocenters. The van der Waals surface area contributed by atoms with Gasteiger partial charge in [0.15, 0.2) is 0 Å². The minimum Gasteiger partial charge on any atom is -0.392 e. The number of hydrogen-bond acceptors (Lipinski definition) is 3. The lowest BCUT2D eigenvalue weighted by molar-refractivity contribution is -0.135. The summed E-state index contributed by atoms with van der Waals surface area (Å²) >= 11 is 5.87. The van der Waals surface area contributed by atoms with Gasteiger partial charge in [-0.1, -0.05) is 37.6 Å². The van der Waals surface area contributed by atoms with Gasteiger partial charge in [-0.25, -0.2) is 0 Å². The molecule has 1 aliphatic heterocycles. The largest absolute Gasteiger partial charge is 0.392 e. The van der Waals surface area contributed by atoms with E-state index in [4.69, 9.17) is 11.6 Å². The zero-order chi connectivity index (χ0) is 17.0. The van der Waals surface area contributed by atoms with Crippen LogP contribution in [0.4, 0.5) is 0 Å². The Bertz CT molecular complexity index is 510. The number of hydrogen-bond donors (Lipinski definition) is 2. The third-order valence-corrected chi connectivity index (χ3v) is 4.96. The van der Waals surface area contributed by atoms with Crippen LogP contribution in [0, 0.1) is 11.8 Å². The fourth-order valence-corrected chi connectivity index (χ4v) is 3.07. The fourth-order valence-electron chi connectivity index (χ4n) is 2.94. The van der Waals surface area contributed by atoms with Crippen LogP contribution in [-0.2, 0) is 4.79 Å². The summed E-state index contributed by atoms with van der Waals surface area (Å²) in [5.74, 6) is 0.240. The molecule has 0 aliphatic carbocycles. The summed E-state index contributed by atoms with van der Waals surface area (Å²) in [6.45, 7) is 5.09. The van der Waals surface area contributed by atoms with Crippen molar-refractivity contribution < 1.29 is 15.0 Å². The van der Waals surface area contributed by atoms with Gasteiger partial charge in [0.25, 0.3) is 0 Å². The van der Waals surface area contributed by atoms with Gasteiger partial charge in [0.2, 0.25) is 5.91 Å². The average Bonchev–Trinajstić information content (AvgIpc) is 2.55. The smallest absolute Gasteiger partial charge is 0.225 e. The highest BCUT2D eigenvalue weighted by molar-refractivity contribution is 6.30. The van der Waals surface area contributed by atoms with E-state index in [-0.39, 0.29) is 24.2 Å². The lowest BCUT2D eigenvalue weighted by atomic mass is 9.87. The van der Waals surface area contributed by atoms with Crippen LogP contribution in [0.5, 0.6) is 0 Å². The fraction of sp³-hybridized carbons (Fsp3) is 0.611. The van der Waals surface area contributed by atoms with Crippen molar-refractivity contribution in [2.45, 2.75) is 45.3 Å². The van der Waals surface area contributed by atoms with Crippen LogP contribution in [0.15, 0.2) is 24.3 Å². The highest BCUT2D eigenvalue weighted by Gasteiger charge is 2.29. The maximum absolute atomic E-state index is 12.2. The molecule has 5 heteroatoms. The molecule has 2 N–H and O–H groups in total. The minimum atomic E-state index is -0.583. The minimum absolute atomic E-state index is 0.00522. The first-order valence-electron chi connectivity index (χ1n) is 8.28. The van der Waals surface area contributed by atoms with Crippen LogP contribution in [0.3, 0.4) is 0 Å². The number of benzene rings is 1. The molecule has 1 amide bonds. The summed E-state index contributed by atoms with van der Waals surface area (Å²) in [4.78, 5) is 14.0. The molecule has 1 aromatic carbocycles. The third kappa shape index (κ3) is 4.93. The predicted molar refractivity (Wildman–Crippen MR) is 91.2 cm³/mol. The Morgan fingerprint density at radius 2 is 1.78 bits per heavy atom. The lowest BCUT2D eigenvalue weighted by Gasteiger charge is -2.35. The molecule has 2 unspecified atom stereocenters. The predicted octanol–water partition coefficient (Wildman–Crippen LogP) is 3.02. The summed E-state index contributed by atoms with van der Waals surface area (Å²) < 4.78 is 0. The zero-order valence-corrected chi connectivity index (χ0v) is 14.5. The van der Waals surface area contributed by atoms with Gasteiger partial charge in [0.1, 0.15) is 0 Å². The van der Waals surface area contributed by atoms with Crippen LogP contribution in [0.1, 0.15) is 44.8 Å². The van der Waals surface area contributed by atoms with Gasteiger partial charge in [-0.3, -0.25) is 4.79 Å². The van der Waals surface area contributed by atoms with E-state index >= 15 is 0 Å². The molecular weight excluding hydrogens is 314 g/mol. The van der Waals surface area contributed by atoms with Gasteiger partial charge in [0.05, 0.1) is 18.6 Å². The summed E-state index contributed by atoms with van der Waals surface area (Å²) in [6, 6.07) is 7.27. The Labute approximate surface area is 143 Å². The van der Waals surface area contributed by atoms with Gasteiger partial charge in [-0.2, -0.15) is 0 Å². The Morgan fingerprint density at radius 3 is 2.30 bits per heavy atom. The van der Waals surface area contributed by atoms with Crippen molar-refractivity contribution in [2.24, 2.45) is 11.8 Å². The van der Waals surface area contributed by atoms with Crippen molar-refractivity contribution in [1.29, 1.82) is 0 Å². The van der Waals surface area contributed by atoms with Crippen molar-refractivity contribution in [1.82, 2.24) is 4.90 Å². The number of piperidine rings is 1. The molecular formula is C18H26ClNO3. The standard InChI is InChI=1S/C18H26ClNO3/c1-12(2)16(21)11-17(22)20-9-7-14(8-10-20)18(23)13-3-5-15(19)6-4-13/h3-6,12,14,16,18,21,23H,7-11H2,1-2H3. The van der Waals surface area contributed by atoms with Gasteiger partial charge in [0, 0.05) is 18.1 Å². The monoisotopic (exact) mass is 339 g/mol. The first-order valence-corrected chi connectivity index (χ1v) is 8.65. The summed E-state index contributed by atoms with van der Waals surface area (Å²) in [5.41, 5.74) is 0.870. The number of carbonyl (C=O) groups excluding carboxylic acids is 1. The van der Waals surface area contributed by atoms with Gasteiger partial charge in [-0.15, -0.1) is 0 Å². The quantitative estimate of drug-likeness (QED) is 0.866. The Balaban J connectivity index is 1.85. The van der Waals surface area contributed by atoms with Crippen LogP contribution < -0.4 is 0 Å². The van der Waals surface area contributed by atoms with E-state index in [9.17, 15) is 15.0 Å². The van der Waals surface area contributed by atoms with Crippen LogP contribution >= 0.6 is 11.6 Å². The first-order chi connectivity index (χ1) is 10.9. The van der Waals surface area contributed by atoms with Crippen molar-refractivity contribution in [3.63, 3.8) is 0 Å². The first kappa shape index (κ1) is 18.2. The summed E-state index contributed by atoms with van der Waals surface area (Å²) in [7, 11) is 0. The second kappa shape index (κ2) is 8.13. The maximum Gasteiger partial charge on any atom is 0.225 e. The van der Waals surface area contributed by atoms with E-state index in [0.717, 1.165) is 18.4 Å². The Hall–Kier alpha value is -1.10. The van der Waals surface area contributed by atoms with Gasteiger partial charge in [-0.05, 0) is 42.4 Å². The third-order valence-electron chi connectivity index (χ3n) is 4.70. The van der Waals surface area contributed by atoms with Crippen LogP contribution in [0.2, 0.25) is 5.02 Å². The number of amides is 1. The number of likely N-dealkylation sites (tertiary alicyclic amines) is 1. The molecule has 0 spiro atoms. The number of aliphatic hydroxyl groups excluding tert-OH is 2. The summed E-state index contributed by atoms with van der Waals surface area (Å²) in [6.07, 6.45) is 0.619. The van der Waals surface area contributed by atoms with Crippen LogP contribution in [-0.4, -0.2) is 40.2 Å². The Morgan fingerprint density at radius 1 is 1.22 bits per heavy atom. The highest BCUT2D eigenvalue weighted by Crippen LogP contribution is 2.31. The van der Waals surface area contributed by atoms with E-state index in [1.165, 1.54) is 0 Å². The number of aliphatic hydroxyl groups is 2. The highest BCUT2D eigenvalue weighted by atomic mass is 35.5. The van der Waals surface area contributed by atoms with Crippen molar-refractivity contribution in [3.05, 3.63) is 34.9 Å². The molecule has 1 fully saturated rings. The Kier molecular flexibility index (Phi) is 6.45. The number of nitrogens with zero attached hydrogens (tertiary/aromatic N) is 1. The maximum atomic E-state index is 12.2.